The fourth-order valence-electron chi connectivity index (χ4n) is 4.59. The fourth-order valence-corrected chi connectivity index (χ4v) is 6.61. The Hall–Kier alpha value is -4.15. The summed E-state index contributed by atoms with van der Waals surface area (Å²) in [7, 11) is -8.92. The van der Waals surface area contributed by atoms with Gasteiger partial charge in [0, 0.05) is 17.6 Å². The smallest absolute Gasteiger partial charge is 0.455 e. The maximum atomic E-state index is 13.6. The van der Waals surface area contributed by atoms with E-state index in [2.05, 4.69) is 15.3 Å². The number of rotatable bonds is 8. The number of alkyl halides is 3. The number of nitrogens with one attached hydrogen (secondary N) is 3. The lowest BCUT2D eigenvalue weighted by Crippen LogP contribution is -2.37. The van der Waals surface area contributed by atoms with Gasteiger partial charge >= 0.3 is 5.51 Å². The molecule has 1 saturated heterocycles. The van der Waals surface area contributed by atoms with E-state index < -0.39 is 41.1 Å². The molecule has 4 aromatic rings. The van der Waals surface area contributed by atoms with Crippen LogP contribution in [-0.2, 0) is 19.9 Å². The van der Waals surface area contributed by atoms with Gasteiger partial charge in [0.05, 0.1) is 22.3 Å². The molecule has 3 heterocycles. The number of carbonyl (C=O) groups excluding carboxylic acids is 1. The number of piperidine rings is 1. The number of likely N-dealkylation sites (tertiary alicyclic amines) is 1. The van der Waals surface area contributed by atoms with Crippen molar-refractivity contribution in [3.8, 4) is 11.5 Å². The molecule has 1 aliphatic rings. The molecular formula is C27H26F3N5O6S2. The van der Waals surface area contributed by atoms with Crippen molar-refractivity contribution in [3.63, 3.8) is 0 Å². The second kappa shape index (κ2) is 11.5. The quantitative estimate of drug-likeness (QED) is 0.257. The van der Waals surface area contributed by atoms with E-state index in [-0.39, 0.29) is 28.8 Å². The lowest BCUT2D eigenvalue weighted by Gasteiger charge is -2.30. The van der Waals surface area contributed by atoms with Gasteiger partial charge in [-0.25, -0.2) is 26.5 Å². The standard InChI is InChI=1S/C27H26F3N5O6S2/c1-35-12-9-18(10-13-35)33-22-7-6-20(15-24(22)42(37,38)27(28,29)30)43(39,40)34-26(36)21-4-2-3-5-23(21)41-19-14-17-8-11-31-25(17)32-16-19/h2-8,11,14-16,18,33H,9-10,12-13H2,1H3,(H,31,32)(H,34,36). The molecule has 5 rings (SSSR count). The molecule has 43 heavy (non-hydrogen) atoms. The van der Waals surface area contributed by atoms with E-state index in [0.29, 0.717) is 37.6 Å². The molecule has 16 heteroatoms. The summed E-state index contributed by atoms with van der Waals surface area (Å²) in [6.07, 6.45) is 4.15. The first kappa shape index (κ1) is 30.3. The van der Waals surface area contributed by atoms with Crippen molar-refractivity contribution in [2.24, 2.45) is 0 Å². The highest BCUT2D eigenvalue weighted by Crippen LogP contribution is 2.37. The Labute approximate surface area is 245 Å². The number of para-hydroxylation sites is 1. The number of halogens is 3. The molecule has 0 unspecified atom stereocenters. The van der Waals surface area contributed by atoms with Crippen LogP contribution >= 0.6 is 0 Å². The predicted octanol–water partition coefficient (Wildman–Crippen LogP) is 4.27. The van der Waals surface area contributed by atoms with Crippen LogP contribution in [0.2, 0.25) is 0 Å². The molecule has 11 nitrogen and oxygen atoms in total. The minimum atomic E-state index is -5.96. The number of hydrogen-bond acceptors (Lipinski definition) is 9. The highest BCUT2D eigenvalue weighted by atomic mass is 32.2. The van der Waals surface area contributed by atoms with Gasteiger partial charge in [-0.3, -0.25) is 4.79 Å². The number of H-pyrrole nitrogens is 1. The first-order chi connectivity index (χ1) is 20.2. The van der Waals surface area contributed by atoms with Gasteiger partial charge in [-0.2, -0.15) is 13.2 Å². The van der Waals surface area contributed by atoms with E-state index in [1.165, 1.54) is 24.4 Å². The molecule has 0 spiro atoms. The van der Waals surface area contributed by atoms with E-state index in [9.17, 15) is 34.8 Å². The topological polar surface area (TPSA) is 151 Å². The number of pyridine rings is 1. The van der Waals surface area contributed by atoms with Gasteiger partial charge in [0.25, 0.3) is 25.8 Å². The van der Waals surface area contributed by atoms with E-state index in [1.54, 1.807) is 29.1 Å². The Bertz CT molecular complexity index is 1890. The predicted molar refractivity (Wildman–Crippen MR) is 151 cm³/mol. The molecule has 0 atom stereocenters. The Kier molecular flexibility index (Phi) is 8.11. The second-order valence-electron chi connectivity index (χ2n) is 9.95. The first-order valence-corrected chi connectivity index (χ1v) is 15.9. The number of hydrogen-bond donors (Lipinski definition) is 3. The van der Waals surface area contributed by atoms with Crippen LogP contribution in [0.25, 0.3) is 11.0 Å². The summed E-state index contributed by atoms with van der Waals surface area (Å²) >= 11 is 0. The Morgan fingerprint density at radius 1 is 1.05 bits per heavy atom. The van der Waals surface area contributed by atoms with Crippen molar-refractivity contribution in [3.05, 3.63) is 72.6 Å². The Balaban J connectivity index is 1.43. The highest BCUT2D eigenvalue weighted by molar-refractivity contribution is 7.92. The van der Waals surface area contributed by atoms with E-state index >= 15 is 0 Å². The SMILES string of the molecule is CN1CCC(Nc2ccc(S(=O)(=O)NC(=O)c3ccccc3Oc3cnc4[nH]ccc4c3)cc2S(=O)(=O)C(F)(F)F)CC1. The molecule has 228 valence electrons. The number of aromatic nitrogens is 2. The summed E-state index contributed by atoms with van der Waals surface area (Å²) in [6.45, 7) is 1.28. The van der Waals surface area contributed by atoms with Crippen LogP contribution in [0.3, 0.4) is 0 Å². The van der Waals surface area contributed by atoms with Crippen molar-refractivity contribution in [1.29, 1.82) is 0 Å². The van der Waals surface area contributed by atoms with Gasteiger partial charge in [-0.05, 0) is 75.4 Å². The maximum absolute atomic E-state index is 13.6. The van der Waals surface area contributed by atoms with Gasteiger partial charge in [0.2, 0.25) is 0 Å². The summed E-state index contributed by atoms with van der Waals surface area (Å²) in [6, 6.07) is 11.1. The first-order valence-electron chi connectivity index (χ1n) is 12.9. The molecule has 1 amide bonds. The van der Waals surface area contributed by atoms with Crippen molar-refractivity contribution >= 4 is 42.5 Å². The van der Waals surface area contributed by atoms with Crippen LogP contribution in [0.4, 0.5) is 18.9 Å². The monoisotopic (exact) mass is 637 g/mol. The van der Waals surface area contributed by atoms with Crippen molar-refractivity contribution < 1.29 is 39.5 Å². The molecule has 0 aliphatic carbocycles. The number of sulfonamides is 1. The average molecular weight is 638 g/mol. The Morgan fingerprint density at radius 2 is 1.77 bits per heavy atom. The normalized spacial score (nSPS) is 15.3. The van der Waals surface area contributed by atoms with E-state index in [1.807, 2.05) is 11.9 Å². The fraction of sp³-hybridized carbons (Fsp3) is 0.259. The average Bonchev–Trinajstić information content (AvgIpc) is 3.42. The molecular weight excluding hydrogens is 611 g/mol. The van der Waals surface area contributed by atoms with Crippen LogP contribution in [0.15, 0.2) is 76.8 Å². The van der Waals surface area contributed by atoms with Crippen LogP contribution in [0, 0.1) is 0 Å². The van der Waals surface area contributed by atoms with Gasteiger partial charge in [-0.1, -0.05) is 12.1 Å². The van der Waals surface area contributed by atoms with Gasteiger partial charge < -0.3 is 19.9 Å². The summed E-state index contributed by atoms with van der Waals surface area (Å²) in [5, 5.41) is 3.54. The van der Waals surface area contributed by atoms with Crippen LogP contribution in [0.5, 0.6) is 11.5 Å². The number of ether oxygens (including phenoxy) is 1. The van der Waals surface area contributed by atoms with Gasteiger partial charge in [0.1, 0.15) is 22.0 Å². The summed E-state index contributed by atoms with van der Waals surface area (Å²) in [5.74, 6) is -0.921. The number of anilines is 1. The Morgan fingerprint density at radius 3 is 2.49 bits per heavy atom. The largest absolute Gasteiger partial charge is 0.501 e. The molecule has 1 aliphatic heterocycles. The number of fused-ring (bicyclic) bond motifs is 1. The van der Waals surface area contributed by atoms with Gasteiger partial charge in [0.15, 0.2) is 0 Å². The minimum absolute atomic E-state index is 0.0232. The number of carbonyl (C=O) groups is 1. The van der Waals surface area contributed by atoms with Crippen molar-refractivity contribution in [1.82, 2.24) is 19.6 Å². The number of benzene rings is 2. The third kappa shape index (κ3) is 6.45. The highest BCUT2D eigenvalue weighted by Gasteiger charge is 2.48. The second-order valence-corrected chi connectivity index (χ2v) is 13.5. The third-order valence-corrected chi connectivity index (χ3v) is 9.75. The summed E-state index contributed by atoms with van der Waals surface area (Å²) in [4.78, 5) is 20.1. The molecule has 0 saturated carbocycles. The summed E-state index contributed by atoms with van der Waals surface area (Å²) in [5.41, 5.74) is -5.69. The van der Waals surface area contributed by atoms with Crippen molar-refractivity contribution in [2.45, 2.75) is 34.2 Å². The molecule has 0 radical (unpaired) electrons. The van der Waals surface area contributed by atoms with Gasteiger partial charge in [-0.15, -0.1) is 0 Å². The molecule has 3 N–H and O–H groups in total. The zero-order valence-corrected chi connectivity index (χ0v) is 24.2. The molecule has 0 bridgehead atoms. The van der Waals surface area contributed by atoms with Crippen LogP contribution < -0.4 is 14.8 Å². The van der Waals surface area contributed by atoms with Crippen LogP contribution in [0.1, 0.15) is 23.2 Å². The zero-order chi connectivity index (χ0) is 31.0. The number of aromatic amines is 1. The van der Waals surface area contributed by atoms with Crippen molar-refractivity contribution in [2.75, 3.05) is 25.5 Å². The number of amides is 1. The molecule has 2 aromatic carbocycles. The van der Waals surface area contributed by atoms with E-state index in [4.69, 9.17) is 4.74 Å². The summed E-state index contributed by atoms with van der Waals surface area (Å²) < 4.78 is 99.8. The maximum Gasteiger partial charge on any atom is 0.501 e. The third-order valence-electron chi connectivity index (χ3n) is 6.90. The molecule has 1 fully saturated rings. The minimum Gasteiger partial charge on any atom is -0.455 e. The number of sulfone groups is 1. The van der Waals surface area contributed by atoms with E-state index in [0.717, 1.165) is 17.5 Å². The zero-order valence-electron chi connectivity index (χ0n) is 22.6. The van der Waals surface area contributed by atoms with Crippen LogP contribution in [-0.4, -0.2) is 69.3 Å². The number of nitrogens with zero attached hydrogens (tertiary/aromatic N) is 2. The lowest BCUT2D eigenvalue weighted by atomic mass is 10.1. The molecule has 2 aromatic heterocycles. The lowest BCUT2D eigenvalue weighted by molar-refractivity contribution is -0.0435.